The molecule has 0 aliphatic heterocycles. The maximum absolute atomic E-state index is 5.48. The van der Waals surface area contributed by atoms with Gasteiger partial charge in [0.25, 0.3) is 0 Å². The first-order valence-corrected chi connectivity index (χ1v) is 6.45. The first-order chi connectivity index (χ1) is 8.56. The molecule has 5 heteroatoms. The van der Waals surface area contributed by atoms with Crippen molar-refractivity contribution in [1.82, 2.24) is 15.3 Å². The van der Waals surface area contributed by atoms with Gasteiger partial charge in [-0.1, -0.05) is 13.8 Å². The molecule has 0 saturated heterocycles. The highest BCUT2D eigenvalue weighted by atomic mass is 16.5. The maximum atomic E-state index is 5.48. The standard InChI is InChI=1S/C13H24N4O/c1-6-18-13-11(4)12(15-9-16-13)17(5)8-7-14-10(2)3/h9-10,14H,6-8H2,1-5H3. The predicted octanol–water partition coefficient (Wildman–Crippen LogP) is 1.62. The first-order valence-electron chi connectivity index (χ1n) is 6.45. The third-order valence-electron chi connectivity index (χ3n) is 2.65. The summed E-state index contributed by atoms with van der Waals surface area (Å²) >= 11 is 0. The Labute approximate surface area is 110 Å². The van der Waals surface area contributed by atoms with Crippen molar-refractivity contribution in [2.24, 2.45) is 0 Å². The summed E-state index contributed by atoms with van der Waals surface area (Å²) in [7, 11) is 2.03. The number of hydrogen-bond acceptors (Lipinski definition) is 5. The molecule has 1 heterocycles. The topological polar surface area (TPSA) is 50.3 Å². The van der Waals surface area contributed by atoms with Crippen LogP contribution in [0.4, 0.5) is 5.82 Å². The molecule has 0 atom stereocenters. The van der Waals surface area contributed by atoms with Crippen molar-refractivity contribution in [3.8, 4) is 5.88 Å². The predicted molar refractivity (Wildman–Crippen MR) is 74.3 cm³/mol. The Morgan fingerprint density at radius 3 is 2.72 bits per heavy atom. The molecule has 0 bridgehead atoms. The normalized spacial score (nSPS) is 10.8. The Kier molecular flexibility index (Phi) is 5.85. The summed E-state index contributed by atoms with van der Waals surface area (Å²) < 4.78 is 5.48. The van der Waals surface area contributed by atoms with Gasteiger partial charge in [0, 0.05) is 26.2 Å². The van der Waals surface area contributed by atoms with E-state index >= 15 is 0 Å². The number of hydrogen-bond donors (Lipinski definition) is 1. The van der Waals surface area contributed by atoms with Crippen molar-refractivity contribution >= 4 is 5.82 Å². The van der Waals surface area contributed by atoms with Crippen LogP contribution in [0.1, 0.15) is 26.3 Å². The Balaban J connectivity index is 2.67. The smallest absolute Gasteiger partial charge is 0.221 e. The van der Waals surface area contributed by atoms with Gasteiger partial charge < -0.3 is 15.0 Å². The van der Waals surface area contributed by atoms with Crippen LogP contribution in [0.3, 0.4) is 0 Å². The quantitative estimate of drug-likeness (QED) is 0.799. The average Bonchev–Trinajstić information content (AvgIpc) is 2.31. The zero-order chi connectivity index (χ0) is 13.5. The van der Waals surface area contributed by atoms with Crippen LogP contribution >= 0.6 is 0 Å². The number of aromatic nitrogens is 2. The van der Waals surface area contributed by atoms with E-state index in [1.54, 1.807) is 6.33 Å². The van der Waals surface area contributed by atoms with Gasteiger partial charge in [0.15, 0.2) is 0 Å². The van der Waals surface area contributed by atoms with E-state index in [2.05, 4.69) is 34.0 Å². The van der Waals surface area contributed by atoms with Gasteiger partial charge in [-0.2, -0.15) is 0 Å². The highest BCUT2D eigenvalue weighted by Gasteiger charge is 2.11. The number of rotatable bonds is 7. The van der Waals surface area contributed by atoms with Crippen LogP contribution in [0.25, 0.3) is 0 Å². The molecule has 1 aromatic rings. The summed E-state index contributed by atoms with van der Waals surface area (Å²) in [4.78, 5) is 10.6. The molecule has 18 heavy (non-hydrogen) atoms. The Morgan fingerprint density at radius 1 is 1.39 bits per heavy atom. The molecule has 0 amide bonds. The largest absolute Gasteiger partial charge is 0.478 e. The number of nitrogens with zero attached hydrogens (tertiary/aromatic N) is 3. The number of ether oxygens (including phenoxy) is 1. The molecule has 1 aromatic heterocycles. The minimum atomic E-state index is 0.504. The summed E-state index contributed by atoms with van der Waals surface area (Å²) in [5.41, 5.74) is 0.992. The van der Waals surface area contributed by atoms with E-state index in [4.69, 9.17) is 4.74 Å². The summed E-state index contributed by atoms with van der Waals surface area (Å²) in [6.07, 6.45) is 1.56. The Hall–Kier alpha value is -1.36. The van der Waals surface area contributed by atoms with Crippen molar-refractivity contribution in [3.63, 3.8) is 0 Å². The van der Waals surface area contributed by atoms with Gasteiger partial charge in [-0.05, 0) is 13.8 Å². The van der Waals surface area contributed by atoms with Crippen LogP contribution < -0.4 is 15.0 Å². The van der Waals surface area contributed by atoms with Crippen LogP contribution in [0.2, 0.25) is 0 Å². The van der Waals surface area contributed by atoms with Gasteiger partial charge in [-0.15, -0.1) is 0 Å². The van der Waals surface area contributed by atoms with Crippen molar-refractivity contribution in [3.05, 3.63) is 11.9 Å². The molecule has 0 radical (unpaired) electrons. The van der Waals surface area contributed by atoms with E-state index in [-0.39, 0.29) is 0 Å². The fourth-order valence-corrected chi connectivity index (χ4v) is 1.72. The molecular weight excluding hydrogens is 228 g/mol. The molecule has 0 unspecified atom stereocenters. The minimum Gasteiger partial charge on any atom is -0.478 e. The van der Waals surface area contributed by atoms with E-state index in [0.717, 1.165) is 24.5 Å². The van der Waals surface area contributed by atoms with Crippen LogP contribution in [0.15, 0.2) is 6.33 Å². The summed E-state index contributed by atoms with van der Waals surface area (Å²) in [6, 6.07) is 0.504. The van der Waals surface area contributed by atoms with E-state index in [9.17, 15) is 0 Å². The SMILES string of the molecule is CCOc1ncnc(N(C)CCNC(C)C)c1C. The van der Waals surface area contributed by atoms with Crippen LogP contribution in [0.5, 0.6) is 5.88 Å². The van der Waals surface area contributed by atoms with Crippen LogP contribution in [0, 0.1) is 6.92 Å². The van der Waals surface area contributed by atoms with Gasteiger partial charge >= 0.3 is 0 Å². The third kappa shape index (κ3) is 4.14. The summed E-state index contributed by atoms with van der Waals surface area (Å²) in [5, 5.41) is 3.39. The zero-order valence-corrected chi connectivity index (χ0v) is 12.0. The molecule has 5 nitrogen and oxygen atoms in total. The highest BCUT2D eigenvalue weighted by molar-refractivity contribution is 5.49. The van der Waals surface area contributed by atoms with Crippen molar-refractivity contribution in [2.75, 3.05) is 31.6 Å². The van der Waals surface area contributed by atoms with Crippen molar-refractivity contribution in [1.29, 1.82) is 0 Å². The number of anilines is 1. The lowest BCUT2D eigenvalue weighted by molar-refractivity contribution is 0.323. The fourth-order valence-electron chi connectivity index (χ4n) is 1.72. The fraction of sp³-hybridized carbons (Fsp3) is 0.692. The van der Waals surface area contributed by atoms with Gasteiger partial charge in [0.05, 0.1) is 12.2 Å². The van der Waals surface area contributed by atoms with Gasteiger partial charge in [-0.25, -0.2) is 9.97 Å². The second-order valence-electron chi connectivity index (χ2n) is 4.59. The molecule has 0 aromatic carbocycles. The molecule has 0 fully saturated rings. The molecule has 0 spiro atoms. The van der Waals surface area contributed by atoms with Crippen molar-refractivity contribution in [2.45, 2.75) is 33.7 Å². The van der Waals surface area contributed by atoms with E-state index in [0.29, 0.717) is 18.5 Å². The van der Waals surface area contributed by atoms with E-state index in [1.807, 2.05) is 20.9 Å². The first kappa shape index (κ1) is 14.7. The second-order valence-corrected chi connectivity index (χ2v) is 4.59. The molecule has 1 N–H and O–H groups in total. The maximum Gasteiger partial charge on any atom is 0.221 e. The number of nitrogens with one attached hydrogen (secondary N) is 1. The zero-order valence-electron chi connectivity index (χ0n) is 12.0. The van der Waals surface area contributed by atoms with Crippen molar-refractivity contribution < 1.29 is 4.74 Å². The molecule has 0 saturated carbocycles. The monoisotopic (exact) mass is 252 g/mol. The van der Waals surface area contributed by atoms with Gasteiger partial charge in [0.2, 0.25) is 5.88 Å². The molecule has 0 aliphatic carbocycles. The van der Waals surface area contributed by atoms with Gasteiger partial charge in [0.1, 0.15) is 12.1 Å². The molecule has 102 valence electrons. The molecular formula is C13H24N4O. The van der Waals surface area contributed by atoms with E-state index in [1.165, 1.54) is 0 Å². The lowest BCUT2D eigenvalue weighted by Gasteiger charge is -2.21. The molecule has 0 aliphatic rings. The highest BCUT2D eigenvalue weighted by Crippen LogP contribution is 2.22. The lowest BCUT2D eigenvalue weighted by Crippen LogP contribution is -2.33. The average molecular weight is 252 g/mol. The second kappa shape index (κ2) is 7.16. The number of likely N-dealkylation sites (N-methyl/N-ethyl adjacent to an activating group) is 1. The van der Waals surface area contributed by atoms with Crippen LogP contribution in [-0.2, 0) is 0 Å². The Bertz CT molecular complexity index is 368. The third-order valence-corrected chi connectivity index (χ3v) is 2.65. The lowest BCUT2D eigenvalue weighted by atomic mass is 10.3. The van der Waals surface area contributed by atoms with E-state index < -0.39 is 0 Å². The van der Waals surface area contributed by atoms with Crippen LogP contribution in [-0.4, -0.2) is 42.8 Å². The Morgan fingerprint density at radius 2 is 2.11 bits per heavy atom. The molecule has 1 rings (SSSR count). The summed E-state index contributed by atoms with van der Waals surface area (Å²) in [6.45, 7) is 10.7. The minimum absolute atomic E-state index is 0.504. The summed E-state index contributed by atoms with van der Waals surface area (Å²) in [5.74, 6) is 1.60. The van der Waals surface area contributed by atoms with Gasteiger partial charge in [-0.3, -0.25) is 0 Å².